The van der Waals surface area contributed by atoms with Crippen molar-refractivity contribution < 1.29 is 9.21 Å². The maximum Gasteiger partial charge on any atom is 0.267 e. The van der Waals surface area contributed by atoms with Gasteiger partial charge in [0, 0.05) is 29.4 Å². The van der Waals surface area contributed by atoms with Crippen molar-refractivity contribution in [3.8, 4) is 11.3 Å². The molecule has 3 aromatic rings. The predicted octanol–water partition coefficient (Wildman–Crippen LogP) is 6.44. The Morgan fingerprint density at radius 2 is 2.07 bits per heavy atom. The Kier molecular flexibility index (Phi) is 6.08. The molecule has 1 fully saturated rings. The van der Waals surface area contributed by atoms with Crippen molar-refractivity contribution in [3.05, 3.63) is 88.2 Å². The number of furan rings is 1. The van der Waals surface area contributed by atoms with Gasteiger partial charge in [-0.05, 0) is 48.2 Å². The van der Waals surface area contributed by atoms with Crippen molar-refractivity contribution in [2.24, 2.45) is 4.99 Å². The normalized spacial score (nSPS) is 16.6. The molecule has 4 rings (SSSR count). The summed E-state index contributed by atoms with van der Waals surface area (Å²) >= 11 is 13.4. The molecular formula is C22H15Cl2N3O2S. The molecule has 1 amide bonds. The topological polar surface area (TPSA) is 58.7 Å². The molecule has 2 aromatic heterocycles. The second-order valence-electron chi connectivity index (χ2n) is 6.24. The number of carbonyl (C=O) groups excluding carboxylic acids is 1. The molecule has 150 valence electrons. The molecule has 0 atom stereocenters. The van der Waals surface area contributed by atoms with Crippen molar-refractivity contribution in [2.75, 3.05) is 6.54 Å². The highest BCUT2D eigenvalue weighted by atomic mass is 35.5. The van der Waals surface area contributed by atoms with Gasteiger partial charge >= 0.3 is 0 Å². The minimum atomic E-state index is -0.181. The zero-order valence-electron chi connectivity index (χ0n) is 15.6. The van der Waals surface area contributed by atoms with Gasteiger partial charge < -0.3 is 4.42 Å². The molecule has 1 aliphatic rings. The summed E-state index contributed by atoms with van der Waals surface area (Å²) in [6.45, 7) is 4.05. The lowest BCUT2D eigenvalue weighted by Gasteiger charge is -2.12. The average Bonchev–Trinajstić information content (AvgIpc) is 3.31. The van der Waals surface area contributed by atoms with Crippen LogP contribution < -0.4 is 0 Å². The first-order valence-electron chi connectivity index (χ1n) is 8.92. The van der Waals surface area contributed by atoms with Crippen LogP contribution in [-0.2, 0) is 4.79 Å². The van der Waals surface area contributed by atoms with E-state index in [1.807, 2.05) is 30.3 Å². The molecule has 1 aromatic carbocycles. The number of thioether (sulfide) groups is 1. The van der Waals surface area contributed by atoms with E-state index < -0.39 is 0 Å². The monoisotopic (exact) mass is 455 g/mol. The lowest BCUT2D eigenvalue weighted by atomic mass is 10.2. The number of hydrogen-bond donors (Lipinski definition) is 0. The lowest BCUT2D eigenvalue weighted by molar-refractivity contribution is -0.121. The number of benzene rings is 1. The summed E-state index contributed by atoms with van der Waals surface area (Å²) in [4.78, 5) is 23.5. The van der Waals surface area contributed by atoms with E-state index in [2.05, 4.69) is 16.6 Å². The van der Waals surface area contributed by atoms with Crippen molar-refractivity contribution in [3.63, 3.8) is 0 Å². The van der Waals surface area contributed by atoms with Gasteiger partial charge in [-0.15, -0.1) is 6.58 Å². The molecule has 0 spiro atoms. The number of aromatic nitrogens is 1. The van der Waals surface area contributed by atoms with Crippen molar-refractivity contribution in [1.82, 2.24) is 9.88 Å². The summed E-state index contributed by atoms with van der Waals surface area (Å²) in [7, 11) is 0. The number of amidine groups is 1. The van der Waals surface area contributed by atoms with Crippen LogP contribution in [0.4, 0.5) is 5.69 Å². The zero-order chi connectivity index (χ0) is 21.1. The van der Waals surface area contributed by atoms with Crippen LogP contribution in [-0.4, -0.2) is 27.5 Å². The second kappa shape index (κ2) is 8.92. The van der Waals surface area contributed by atoms with Crippen LogP contribution in [0.1, 0.15) is 5.76 Å². The van der Waals surface area contributed by atoms with E-state index in [0.717, 1.165) is 5.56 Å². The predicted molar refractivity (Wildman–Crippen MR) is 123 cm³/mol. The van der Waals surface area contributed by atoms with Gasteiger partial charge in [-0.3, -0.25) is 9.69 Å². The summed E-state index contributed by atoms with van der Waals surface area (Å²) in [5, 5.41) is 1.40. The first kappa shape index (κ1) is 20.5. The highest BCUT2D eigenvalue weighted by Crippen LogP contribution is 2.36. The first-order chi connectivity index (χ1) is 14.5. The van der Waals surface area contributed by atoms with Crippen LogP contribution in [0.5, 0.6) is 0 Å². The van der Waals surface area contributed by atoms with E-state index >= 15 is 0 Å². The van der Waals surface area contributed by atoms with Crippen LogP contribution in [0.25, 0.3) is 17.4 Å². The van der Waals surface area contributed by atoms with Gasteiger partial charge in [0.2, 0.25) is 0 Å². The van der Waals surface area contributed by atoms with E-state index in [0.29, 0.717) is 38.8 Å². The fraction of sp³-hybridized carbons (Fsp3) is 0.0455. The van der Waals surface area contributed by atoms with E-state index in [1.54, 1.807) is 36.5 Å². The standard InChI is InChI=1S/C22H15Cl2N3O2S/c1-2-11-27-21(28)19(30-22(27)26-17-7-4-10-25-20(17)24)13-16-8-9-18(29-16)14-5-3-6-15(23)12-14/h2-10,12-13H,1,11H2/b19-13+,26-22?. The van der Waals surface area contributed by atoms with Crippen LogP contribution in [0.15, 0.2) is 81.7 Å². The minimum Gasteiger partial charge on any atom is -0.457 e. The molecule has 5 nitrogen and oxygen atoms in total. The fourth-order valence-electron chi connectivity index (χ4n) is 2.80. The maximum atomic E-state index is 12.9. The average molecular weight is 456 g/mol. The van der Waals surface area contributed by atoms with Gasteiger partial charge in [0.25, 0.3) is 5.91 Å². The number of hydrogen-bond acceptors (Lipinski definition) is 5. The smallest absolute Gasteiger partial charge is 0.267 e. The van der Waals surface area contributed by atoms with Gasteiger partial charge in [-0.1, -0.05) is 41.4 Å². The Balaban J connectivity index is 1.65. The third-order valence-electron chi connectivity index (χ3n) is 4.16. The van der Waals surface area contributed by atoms with E-state index in [4.69, 9.17) is 27.6 Å². The number of amides is 1. The zero-order valence-corrected chi connectivity index (χ0v) is 17.9. The number of carbonyl (C=O) groups is 1. The Morgan fingerprint density at radius 3 is 2.83 bits per heavy atom. The van der Waals surface area contributed by atoms with Crippen LogP contribution in [0.3, 0.4) is 0 Å². The molecule has 0 bridgehead atoms. The van der Waals surface area contributed by atoms with Crippen molar-refractivity contribution in [1.29, 1.82) is 0 Å². The Morgan fingerprint density at radius 1 is 1.20 bits per heavy atom. The molecule has 0 aliphatic carbocycles. The number of rotatable bonds is 5. The van der Waals surface area contributed by atoms with Gasteiger partial charge in [0.15, 0.2) is 10.3 Å². The highest BCUT2D eigenvalue weighted by molar-refractivity contribution is 8.18. The van der Waals surface area contributed by atoms with Gasteiger partial charge in [0.05, 0.1) is 4.91 Å². The first-order valence-corrected chi connectivity index (χ1v) is 10.5. The summed E-state index contributed by atoms with van der Waals surface area (Å²) in [5.74, 6) is 1.04. The quantitative estimate of drug-likeness (QED) is 0.252. The van der Waals surface area contributed by atoms with Gasteiger partial charge in [-0.25, -0.2) is 9.98 Å². The number of pyridine rings is 1. The molecule has 0 unspecified atom stereocenters. The third kappa shape index (κ3) is 4.36. The second-order valence-corrected chi connectivity index (χ2v) is 8.04. The van der Waals surface area contributed by atoms with Crippen molar-refractivity contribution in [2.45, 2.75) is 0 Å². The van der Waals surface area contributed by atoms with Crippen LogP contribution in [0, 0.1) is 0 Å². The Bertz CT molecular complexity index is 1190. The molecule has 0 N–H and O–H groups in total. The van der Waals surface area contributed by atoms with Crippen LogP contribution in [0.2, 0.25) is 10.2 Å². The molecule has 0 radical (unpaired) electrons. The summed E-state index contributed by atoms with van der Waals surface area (Å²) in [6, 6.07) is 14.5. The van der Waals surface area contributed by atoms with E-state index in [-0.39, 0.29) is 11.1 Å². The van der Waals surface area contributed by atoms with E-state index in [9.17, 15) is 4.79 Å². The largest absolute Gasteiger partial charge is 0.457 e. The van der Waals surface area contributed by atoms with E-state index in [1.165, 1.54) is 16.7 Å². The number of aliphatic imine (C=N–C) groups is 1. The Labute approximate surface area is 187 Å². The summed E-state index contributed by atoms with van der Waals surface area (Å²) in [6.07, 6.45) is 4.93. The SMILES string of the molecule is C=CCN1C(=O)/C(=C\c2ccc(-c3cccc(Cl)c3)o2)SC1=Nc1cccnc1Cl. The molecule has 1 aliphatic heterocycles. The lowest BCUT2D eigenvalue weighted by Crippen LogP contribution is -2.29. The number of halogens is 2. The van der Waals surface area contributed by atoms with Gasteiger partial charge in [-0.2, -0.15) is 0 Å². The summed E-state index contributed by atoms with van der Waals surface area (Å²) in [5.41, 5.74) is 1.35. The molecular weight excluding hydrogens is 441 g/mol. The van der Waals surface area contributed by atoms with Crippen LogP contribution >= 0.6 is 35.0 Å². The van der Waals surface area contributed by atoms with Gasteiger partial charge in [0.1, 0.15) is 17.2 Å². The maximum absolute atomic E-state index is 12.9. The number of nitrogens with zero attached hydrogens (tertiary/aromatic N) is 3. The molecule has 30 heavy (non-hydrogen) atoms. The highest BCUT2D eigenvalue weighted by Gasteiger charge is 2.33. The molecule has 3 heterocycles. The summed E-state index contributed by atoms with van der Waals surface area (Å²) < 4.78 is 5.89. The fourth-order valence-corrected chi connectivity index (χ4v) is 4.13. The minimum absolute atomic E-state index is 0.181. The molecule has 1 saturated heterocycles. The third-order valence-corrected chi connectivity index (χ3v) is 5.70. The Hall–Kier alpha value is -2.80. The molecule has 0 saturated carbocycles. The molecule has 8 heteroatoms. The van der Waals surface area contributed by atoms with Crippen molar-refractivity contribution >= 4 is 57.8 Å².